The molecule has 5 nitrogen and oxygen atoms in total. The Kier molecular flexibility index (Phi) is 6.43. The molecule has 1 saturated heterocycles. The Balaban J connectivity index is 1.81. The van der Waals surface area contributed by atoms with E-state index in [1.807, 2.05) is 26.0 Å². The molecule has 1 heterocycles. The van der Waals surface area contributed by atoms with Gasteiger partial charge in [-0.25, -0.2) is 0 Å². The van der Waals surface area contributed by atoms with Crippen LogP contribution in [-0.4, -0.2) is 53.9 Å². The number of likely N-dealkylation sites (tertiary alicyclic amines) is 1. The van der Waals surface area contributed by atoms with Gasteiger partial charge in [0.15, 0.2) is 0 Å². The lowest BCUT2D eigenvalue weighted by Gasteiger charge is -2.34. The SMILES string of the molecule is CCN(CC)CCCN1C(=O)CC2(CCCc3ccc(OC(C)C)cc32)C1=O. The van der Waals surface area contributed by atoms with Crippen LogP contribution >= 0.6 is 0 Å². The van der Waals surface area contributed by atoms with Crippen LogP contribution in [0.25, 0.3) is 0 Å². The van der Waals surface area contributed by atoms with Crippen LogP contribution in [0.15, 0.2) is 18.2 Å². The average Bonchev–Trinajstić information content (AvgIpc) is 2.90. The molecule has 0 aromatic heterocycles. The maximum Gasteiger partial charge on any atom is 0.240 e. The summed E-state index contributed by atoms with van der Waals surface area (Å²) < 4.78 is 5.87. The zero-order chi connectivity index (χ0) is 20.3. The highest BCUT2D eigenvalue weighted by molar-refractivity contribution is 6.09. The van der Waals surface area contributed by atoms with Crippen molar-refractivity contribution >= 4 is 11.8 Å². The Labute approximate surface area is 169 Å². The molecule has 2 aliphatic rings. The summed E-state index contributed by atoms with van der Waals surface area (Å²) >= 11 is 0. The molecular formula is C23H34N2O3. The van der Waals surface area contributed by atoms with E-state index in [1.54, 1.807) is 0 Å². The van der Waals surface area contributed by atoms with E-state index in [9.17, 15) is 9.59 Å². The monoisotopic (exact) mass is 386 g/mol. The third-order valence-corrected chi connectivity index (χ3v) is 6.18. The summed E-state index contributed by atoms with van der Waals surface area (Å²) in [5.74, 6) is 0.766. The van der Waals surface area contributed by atoms with Crippen LogP contribution in [0, 0.1) is 0 Å². The molecule has 154 valence electrons. The number of fused-ring (bicyclic) bond motifs is 2. The third kappa shape index (κ3) is 3.95. The fourth-order valence-electron chi connectivity index (χ4n) is 4.70. The number of benzene rings is 1. The van der Waals surface area contributed by atoms with E-state index in [0.717, 1.165) is 56.6 Å². The molecule has 1 aliphatic heterocycles. The van der Waals surface area contributed by atoms with Crippen molar-refractivity contribution in [1.29, 1.82) is 0 Å². The number of aryl methyl sites for hydroxylation is 1. The highest BCUT2D eigenvalue weighted by atomic mass is 16.5. The number of carbonyl (C=O) groups is 2. The smallest absolute Gasteiger partial charge is 0.240 e. The van der Waals surface area contributed by atoms with Gasteiger partial charge in [-0.15, -0.1) is 0 Å². The largest absolute Gasteiger partial charge is 0.491 e. The van der Waals surface area contributed by atoms with Crippen LogP contribution in [0.5, 0.6) is 5.75 Å². The van der Waals surface area contributed by atoms with Crippen LogP contribution in [0.4, 0.5) is 0 Å². The maximum atomic E-state index is 13.5. The minimum atomic E-state index is -0.684. The molecular weight excluding hydrogens is 352 g/mol. The number of ether oxygens (including phenoxy) is 1. The number of rotatable bonds is 8. The number of hydrogen-bond donors (Lipinski definition) is 0. The normalized spacial score (nSPS) is 21.9. The minimum absolute atomic E-state index is 0.000283. The topological polar surface area (TPSA) is 49.9 Å². The molecule has 0 bridgehead atoms. The van der Waals surface area contributed by atoms with Crippen molar-refractivity contribution in [2.45, 2.75) is 71.3 Å². The van der Waals surface area contributed by atoms with Crippen molar-refractivity contribution in [2.75, 3.05) is 26.2 Å². The molecule has 28 heavy (non-hydrogen) atoms. The molecule has 1 aromatic carbocycles. The highest BCUT2D eigenvalue weighted by Crippen LogP contribution is 2.46. The van der Waals surface area contributed by atoms with Crippen LogP contribution in [0.1, 0.15) is 64.5 Å². The van der Waals surface area contributed by atoms with Gasteiger partial charge in [0.2, 0.25) is 11.8 Å². The standard InChI is InChI=1S/C23H34N2O3/c1-5-24(6-2)13-8-14-25-21(26)16-23(22(25)27)12-7-9-18-10-11-19(15-20(18)23)28-17(3)4/h10-11,15,17H,5-9,12-14,16H2,1-4H3. The molecule has 1 aromatic rings. The van der Waals surface area contributed by atoms with Gasteiger partial charge in [-0.1, -0.05) is 19.9 Å². The second-order valence-corrected chi connectivity index (χ2v) is 8.33. The molecule has 1 unspecified atom stereocenters. The molecule has 1 atom stereocenters. The molecule has 0 N–H and O–H groups in total. The second-order valence-electron chi connectivity index (χ2n) is 8.33. The summed E-state index contributed by atoms with van der Waals surface area (Å²) in [6.07, 6.45) is 3.87. The van der Waals surface area contributed by atoms with Crippen molar-refractivity contribution < 1.29 is 14.3 Å². The number of amides is 2. The van der Waals surface area contributed by atoms with Crippen molar-refractivity contribution in [2.24, 2.45) is 0 Å². The Morgan fingerprint density at radius 1 is 1.21 bits per heavy atom. The highest BCUT2D eigenvalue weighted by Gasteiger charge is 2.53. The van der Waals surface area contributed by atoms with Crippen LogP contribution < -0.4 is 4.74 Å². The minimum Gasteiger partial charge on any atom is -0.491 e. The van der Waals surface area contributed by atoms with Gasteiger partial charge in [0, 0.05) is 13.0 Å². The summed E-state index contributed by atoms with van der Waals surface area (Å²) in [6.45, 7) is 11.7. The van der Waals surface area contributed by atoms with E-state index >= 15 is 0 Å². The predicted octanol–water partition coefficient (Wildman–Crippen LogP) is 3.54. The van der Waals surface area contributed by atoms with Gasteiger partial charge >= 0.3 is 0 Å². The maximum absolute atomic E-state index is 13.5. The molecule has 3 rings (SSSR count). The lowest BCUT2D eigenvalue weighted by molar-refractivity contribution is -0.140. The summed E-state index contributed by atoms with van der Waals surface area (Å²) in [5.41, 5.74) is 1.52. The van der Waals surface area contributed by atoms with Crippen LogP contribution in [0.3, 0.4) is 0 Å². The number of nitrogens with zero attached hydrogens (tertiary/aromatic N) is 2. The molecule has 0 radical (unpaired) electrons. The zero-order valence-corrected chi connectivity index (χ0v) is 17.8. The van der Waals surface area contributed by atoms with Crippen molar-refractivity contribution in [3.8, 4) is 5.75 Å². The average molecular weight is 387 g/mol. The van der Waals surface area contributed by atoms with Crippen molar-refractivity contribution in [3.05, 3.63) is 29.3 Å². The predicted molar refractivity (Wildman–Crippen MR) is 111 cm³/mol. The Hall–Kier alpha value is -1.88. The molecule has 5 heteroatoms. The number of carbonyl (C=O) groups excluding carboxylic acids is 2. The lowest BCUT2D eigenvalue weighted by atomic mass is 9.69. The quantitative estimate of drug-likeness (QED) is 0.641. The summed E-state index contributed by atoms with van der Waals surface area (Å²) in [6, 6.07) is 6.08. The Bertz CT molecular complexity index is 727. The van der Waals surface area contributed by atoms with Gasteiger partial charge in [-0.2, -0.15) is 0 Å². The van der Waals surface area contributed by atoms with Crippen LogP contribution in [-0.2, 0) is 21.4 Å². The van der Waals surface area contributed by atoms with Gasteiger partial charge in [0.05, 0.1) is 11.5 Å². The second kappa shape index (κ2) is 8.64. The summed E-state index contributed by atoms with van der Waals surface area (Å²) in [4.78, 5) is 30.1. The fraction of sp³-hybridized carbons (Fsp3) is 0.652. The molecule has 2 amide bonds. The zero-order valence-electron chi connectivity index (χ0n) is 17.8. The van der Waals surface area contributed by atoms with E-state index in [1.165, 1.54) is 10.5 Å². The van der Waals surface area contributed by atoms with Gasteiger partial charge in [0.1, 0.15) is 5.75 Å². The van der Waals surface area contributed by atoms with Crippen LogP contribution in [0.2, 0.25) is 0 Å². The Morgan fingerprint density at radius 2 is 1.96 bits per heavy atom. The van der Waals surface area contributed by atoms with Crippen molar-refractivity contribution in [1.82, 2.24) is 9.80 Å². The van der Waals surface area contributed by atoms with Gasteiger partial charge in [0.25, 0.3) is 0 Å². The lowest BCUT2D eigenvalue weighted by Crippen LogP contribution is -2.41. The first-order chi connectivity index (χ1) is 13.4. The molecule has 1 fully saturated rings. The number of hydrogen-bond acceptors (Lipinski definition) is 4. The third-order valence-electron chi connectivity index (χ3n) is 6.18. The van der Waals surface area contributed by atoms with Crippen molar-refractivity contribution in [3.63, 3.8) is 0 Å². The van der Waals surface area contributed by atoms with Gasteiger partial charge in [-0.3, -0.25) is 14.5 Å². The Morgan fingerprint density at radius 3 is 2.64 bits per heavy atom. The molecule has 0 saturated carbocycles. The van der Waals surface area contributed by atoms with Gasteiger partial charge in [-0.05, 0) is 82.4 Å². The summed E-state index contributed by atoms with van der Waals surface area (Å²) in [5, 5.41) is 0. The number of imide groups is 1. The van der Waals surface area contributed by atoms with E-state index in [0.29, 0.717) is 13.0 Å². The first-order valence-electron chi connectivity index (χ1n) is 10.8. The first kappa shape index (κ1) is 20.8. The molecule has 1 aliphatic carbocycles. The van der Waals surface area contributed by atoms with Gasteiger partial charge < -0.3 is 9.64 Å². The first-order valence-corrected chi connectivity index (χ1v) is 10.8. The van der Waals surface area contributed by atoms with E-state index < -0.39 is 5.41 Å². The summed E-state index contributed by atoms with van der Waals surface area (Å²) in [7, 11) is 0. The molecule has 1 spiro atoms. The van der Waals surface area contributed by atoms with E-state index in [2.05, 4.69) is 24.8 Å². The van der Waals surface area contributed by atoms with E-state index in [4.69, 9.17) is 4.74 Å². The van der Waals surface area contributed by atoms with E-state index in [-0.39, 0.29) is 17.9 Å². The fourth-order valence-corrected chi connectivity index (χ4v) is 4.70.